The Kier molecular flexibility index (Phi) is 4.71. The molecule has 20 heavy (non-hydrogen) atoms. The van der Waals surface area contributed by atoms with Gasteiger partial charge < -0.3 is 5.43 Å². The van der Waals surface area contributed by atoms with Gasteiger partial charge in [0.05, 0.1) is 5.69 Å². The van der Waals surface area contributed by atoms with Crippen molar-refractivity contribution in [2.24, 2.45) is 5.84 Å². The fraction of sp³-hybridized carbons (Fsp3) is 0.250. The Morgan fingerprint density at radius 1 is 1.45 bits per heavy atom. The van der Waals surface area contributed by atoms with E-state index >= 15 is 0 Å². The average molecular weight is 312 g/mol. The predicted molar refractivity (Wildman–Crippen MR) is 79.6 cm³/mol. The highest BCUT2D eigenvalue weighted by Crippen LogP contribution is 2.24. The van der Waals surface area contributed by atoms with E-state index in [2.05, 4.69) is 10.4 Å². The summed E-state index contributed by atoms with van der Waals surface area (Å²) >= 11 is 1.53. The Hall–Kier alpha value is -1.48. The van der Waals surface area contributed by atoms with Gasteiger partial charge in [0.15, 0.2) is 0 Å². The second-order valence-electron chi connectivity index (χ2n) is 4.03. The molecule has 0 saturated carbocycles. The van der Waals surface area contributed by atoms with Gasteiger partial charge in [0.25, 0.3) is 0 Å². The van der Waals surface area contributed by atoms with Gasteiger partial charge in [-0.25, -0.2) is 8.42 Å². The first-order valence-corrected chi connectivity index (χ1v) is 8.34. The van der Waals surface area contributed by atoms with Gasteiger partial charge in [0.1, 0.15) is 4.90 Å². The van der Waals surface area contributed by atoms with Crippen molar-refractivity contribution in [3.63, 3.8) is 0 Å². The van der Waals surface area contributed by atoms with Crippen LogP contribution in [0.1, 0.15) is 11.8 Å². The van der Waals surface area contributed by atoms with Crippen LogP contribution in [0.2, 0.25) is 0 Å². The average Bonchev–Trinajstić information content (AvgIpc) is 2.97. The molecular weight excluding hydrogens is 296 g/mol. The number of nitrogens with zero attached hydrogens (tertiary/aromatic N) is 2. The largest absolute Gasteiger partial charge is 0.323 e. The summed E-state index contributed by atoms with van der Waals surface area (Å²) in [6.45, 7) is 2.52. The minimum atomic E-state index is -3.63. The third-order valence-corrected chi connectivity index (χ3v) is 5.63. The fourth-order valence-corrected chi connectivity index (χ4v) is 4.11. The first-order chi connectivity index (χ1) is 9.59. The molecule has 0 radical (unpaired) electrons. The monoisotopic (exact) mass is 312 g/mol. The standard InChI is InChI=1S/C12H16N4O2S2/c1-2-16(9-10-4-3-7-19-10)20(17,18)12-8-14-6-5-11(12)15-13/h3-8H,2,9,13H2,1H3,(H,14,15). The molecule has 0 saturated heterocycles. The molecule has 2 heterocycles. The second-order valence-corrected chi connectivity index (χ2v) is 6.97. The number of aromatic nitrogens is 1. The molecule has 108 valence electrons. The van der Waals surface area contributed by atoms with Gasteiger partial charge in [-0.05, 0) is 17.5 Å². The van der Waals surface area contributed by atoms with Crippen LogP contribution in [-0.2, 0) is 16.6 Å². The molecule has 0 amide bonds. The van der Waals surface area contributed by atoms with Crippen LogP contribution in [0.25, 0.3) is 0 Å². The van der Waals surface area contributed by atoms with E-state index in [4.69, 9.17) is 5.84 Å². The van der Waals surface area contributed by atoms with E-state index in [1.807, 2.05) is 17.5 Å². The number of pyridine rings is 1. The lowest BCUT2D eigenvalue weighted by Gasteiger charge is -2.21. The van der Waals surface area contributed by atoms with Crippen LogP contribution >= 0.6 is 11.3 Å². The molecule has 6 nitrogen and oxygen atoms in total. The highest BCUT2D eigenvalue weighted by Gasteiger charge is 2.26. The fourth-order valence-electron chi connectivity index (χ4n) is 1.79. The van der Waals surface area contributed by atoms with Gasteiger partial charge in [0, 0.05) is 30.4 Å². The van der Waals surface area contributed by atoms with Crippen molar-refractivity contribution in [2.75, 3.05) is 12.0 Å². The topological polar surface area (TPSA) is 88.3 Å². The molecule has 0 aliphatic rings. The quantitative estimate of drug-likeness (QED) is 0.625. The Morgan fingerprint density at radius 3 is 2.85 bits per heavy atom. The highest BCUT2D eigenvalue weighted by molar-refractivity contribution is 7.89. The third-order valence-electron chi connectivity index (χ3n) is 2.82. The van der Waals surface area contributed by atoms with Crippen LogP contribution in [0.15, 0.2) is 40.9 Å². The number of nitrogen functional groups attached to an aromatic ring is 1. The molecule has 3 N–H and O–H groups in total. The molecule has 0 aliphatic heterocycles. The first kappa shape index (κ1) is 14.9. The molecular formula is C12H16N4O2S2. The Balaban J connectivity index is 2.36. The Bertz CT molecular complexity index is 656. The van der Waals surface area contributed by atoms with E-state index in [0.29, 0.717) is 18.8 Å². The maximum absolute atomic E-state index is 12.7. The second kappa shape index (κ2) is 6.31. The van der Waals surface area contributed by atoms with E-state index in [-0.39, 0.29) is 4.90 Å². The van der Waals surface area contributed by atoms with E-state index in [1.54, 1.807) is 6.92 Å². The van der Waals surface area contributed by atoms with Crippen molar-refractivity contribution in [3.05, 3.63) is 40.8 Å². The van der Waals surface area contributed by atoms with E-state index < -0.39 is 10.0 Å². The van der Waals surface area contributed by atoms with Gasteiger partial charge in [-0.3, -0.25) is 10.8 Å². The third kappa shape index (κ3) is 2.98. The molecule has 8 heteroatoms. The zero-order valence-corrected chi connectivity index (χ0v) is 12.6. The smallest absolute Gasteiger partial charge is 0.247 e. The molecule has 0 fully saturated rings. The number of hydrazine groups is 1. The van der Waals surface area contributed by atoms with Crippen LogP contribution in [0.5, 0.6) is 0 Å². The molecule has 2 aromatic rings. The van der Waals surface area contributed by atoms with Gasteiger partial charge in [-0.2, -0.15) is 4.31 Å². The Labute approximate surface area is 122 Å². The number of sulfonamides is 1. The minimum absolute atomic E-state index is 0.0842. The van der Waals surface area contributed by atoms with Crippen LogP contribution in [0, 0.1) is 0 Å². The van der Waals surface area contributed by atoms with Crippen LogP contribution in [-0.4, -0.2) is 24.3 Å². The summed E-state index contributed by atoms with van der Waals surface area (Å²) in [5, 5.41) is 1.92. The zero-order chi connectivity index (χ0) is 14.6. The molecule has 2 rings (SSSR count). The lowest BCUT2D eigenvalue weighted by Crippen LogP contribution is -2.31. The molecule has 0 aliphatic carbocycles. The summed E-state index contributed by atoms with van der Waals surface area (Å²) in [6, 6.07) is 5.34. The summed E-state index contributed by atoms with van der Waals surface area (Å²) in [4.78, 5) is 4.95. The first-order valence-electron chi connectivity index (χ1n) is 6.02. The van der Waals surface area contributed by atoms with Crippen LogP contribution in [0.3, 0.4) is 0 Å². The maximum Gasteiger partial charge on any atom is 0.247 e. The summed E-state index contributed by atoms with van der Waals surface area (Å²) in [6.07, 6.45) is 2.80. The molecule has 0 aromatic carbocycles. The molecule has 0 unspecified atom stereocenters. The zero-order valence-electron chi connectivity index (χ0n) is 11.0. The number of thiophene rings is 1. The van der Waals surface area contributed by atoms with E-state index in [9.17, 15) is 8.42 Å². The Morgan fingerprint density at radius 2 is 2.25 bits per heavy atom. The normalized spacial score (nSPS) is 11.8. The molecule has 2 aromatic heterocycles. The van der Waals surface area contributed by atoms with E-state index in [1.165, 1.54) is 34.1 Å². The number of nitrogens with one attached hydrogen (secondary N) is 1. The summed E-state index contributed by atoms with van der Waals surface area (Å²) < 4.78 is 26.7. The van der Waals surface area contributed by atoms with Gasteiger partial charge in [0.2, 0.25) is 10.0 Å². The molecule has 0 atom stereocenters. The van der Waals surface area contributed by atoms with Crippen molar-refractivity contribution in [3.8, 4) is 0 Å². The van der Waals surface area contributed by atoms with E-state index in [0.717, 1.165) is 4.88 Å². The van der Waals surface area contributed by atoms with Crippen LogP contribution < -0.4 is 11.3 Å². The summed E-state index contributed by atoms with van der Waals surface area (Å²) in [5.74, 6) is 5.37. The highest BCUT2D eigenvalue weighted by atomic mass is 32.2. The van der Waals surface area contributed by atoms with Gasteiger partial charge >= 0.3 is 0 Å². The van der Waals surface area contributed by atoms with Crippen molar-refractivity contribution >= 4 is 27.0 Å². The maximum atomic E-state index is 12.7. The van der Waals surface area contributed by atoms with Gasteiger partial charge in [-0.1, -0.05) is 13.0 Å². The van der Waals surface area contributed by atoms with Crippen molar-refractivity contribution in [1.29, 1.82) is 0 Å². The SMILES string of the molecule is CCN(Cc1cccs1)S(=O)(=O)c1cnccc1NN. The number of nitrogens with two attached hydrogens (primary N) is 1. The predicted octanol–water partition coefficient (Wildman–Crippen LogP) is 1.64. The van der Waals surface area contributed by atoms with Gasteiger partial charge in [-0.15, -0.1) is 11.3 Å². The van der Waals surface area contributed by atoms with Crippen molar-refractivity contribution in [2.45, 2.75) is 18.4 Å². The number of hydrogen-bond donors (Lipinski definition) is 2. The molecule has 0 bridgehead atoms. The summed E-state index contributed by atoms with van der Waals surface area (Å²) in [5.41, 5.74) is 2.73. The number of anilines is 1. The number of rotatable bonds is 6. The number of hydrogen-bond acceptors (Lipinski definition) is 6. The van der Waals surface area contributed by atoms with Crippen LogP contribution in [0.4, 0.5) is 5.69 Å². The van der Waals surface area contributed by atoms with Crippen molar-refractivity contribution < 1.29 is 8.42 Å². The van der Waals surface area contributed by atoms with Crippen molar-refractivity contribution in [1.82, 2.24) is 9.29 Å². The lowest BCUT2D eigenvalue weighted by atomic mass is 10.4. The summed E-state index contributed by atoms with van der Waals surface area (Å²) in [7, 11) is -3.63. The minimum Gasteiger partial charge on any atom is -0.323 e. The lowest BCUT2D eigenvalue weighted by molar-refractivity contribution is 0.426. The molecule has 0 spiro atoms.